The summed E-state index contributed by atoms with van der Waals surface area (Å²) in [5.41, 5.74) is -0.0209. The lowest BCUT2D eigenvalue weighted by molar-refractivity contribution is 0.382. The lowest BCUT2D eigenvalue weighted by Gasteiger charge is -2.28. The third kappa shape index (κ3) is 5.35. The Balaban J connectivity index is 2.73. The number of thioether (sulfide) groups is 1. The van der Waals surface area contributed by atoms with Gasteiger partial charge in [0.2, 0.25) is 0 Å². The number of hydrogen-bond donors (Lipinski definition) is 2. The third-order valence-corrected chi connectivity index (χ3v) is 3.70. The van der Waals surface area contributed by atoms with E-state index in [0.29, 0.717) is 17.3 Å². The van der Waals surface area contributed by atoms with Gasteiger partial charge >= 0.3 is 0 Å². The van der Waals surface area contributed by atoms with Gasteiger partial charge < -0.3 is 4.98 Å². The van der Waals surface area contributed by atoms with E-state index in [1.165, 1.54) is 17.8 Å². The van der Waals surface area contributed by atoms with E-state index in [0.717, 1.165) is 0 Å². The van der Waals surface area contributed by atoms with Gasteiger partial charge in [0.1, 0.15) is 5.54 Å². The molecule has 2 N–H and O–H groups in total. The predicted molar refractivity (Wildman–Crippen MR) is 81.8 cm³/mol. The number of nitrogens with zero attached hydrogens (tertiary/aromatic N) is 2. The molecule has 0 aliphatic carbocycles. The summed E-state index contributed by atoms with van der Waals surface area (Å²) in [6.07, 6.45) is 0.671. The molecule has 0 saturated heterocycles. The first-order valence-corrected chi connectivity index (χ1v) is 7.55. The molecule has 110 valence electrons. The Labute approximate surface area is 124 Å². The van der Waals surface area contributed by atoms with Crippen LogP contribution in [0.2, 0.25) is 0 Å². The second-order valence-electron chi connectivity index (χ2n) is 5.57. The molecule has 2 atom stereocenters. The first-order valence-electron chi connectivity index (χ1n) is 6.67. The summed E-state index contributed by atoms with van der Waals surface area (Å²) in [5, 5.41) is 13.4. The zero-order valence-corrected chi connectivity index (χ0v) is 13.5. The molecular weight excluding hydrogens is 272 g/mol. The van der Waals surface area contributed by atoms with E-state index in [9.17, 15) is 10.1 Å². The maximum atomic E-state index is 11.4. The van der Waals surface area contributed by atoms with Crippen LogP contribution in [0.1, 0.15) is 39.8 Å². The molecule has 1 aromatic rings. The van der Waals surface area contributed by atoms with E-state index in [1.54, 1.807) is 6.92 Å². The van der Waals surface area contributed by atoms with Crippen molar-refractivity contribution in [2.24, 2.45) is 0 Å². The minimum atomic E-state index is -0.579. The van der Waals surface area contributed by atoms with Crippen molar-refractivity contribution < 1.29 is 0 Å². The van der Waals surface area contributed by atoms with Crippen LogP contribution >= 0.6 is 11.8 Å². The van der Waals surface area contributed by atoms with Crippen molar-refractivity contribution in [1.82, 2.24) is 15.3 Å². The second-order valence-corrected chi connectivity index (χ2v) is 6.99. The van der Waals surface area contributed by atoms with Crippen molar-refractivity contribution in [1.29, 1.82) is 5.26 Å². The Bertz CT molecular complexity index is 549. The van der Waals surface area contributed by atoms with Gasteiger partial charge in [0.25, 0.3) is 5.56 Å². The van der Waals surface area contributed by atoms with E-state index in [2.05, 4.69) is 21.4 Å². The monoisotopic (exact) mass is 294 g/mol. The number of nitriles is 1. The van der Waals surface area contributed by atoms with Gasteiger partial charge in [-0.2, -0.15) is 5.26 Å². The molecule has 5 nitrogen and oxygen atoms in total. The molecule has 0 aliphatic rings. The van der Waals surface area contributed by atoms with Gasteiger partial charge in [-0.05, 0) is 34.1 Å². The van der Waals surface area contributed by atoms with Crippen molar-refractivity contribution >= 4 is 11.8 Å². The first-order chi connectivity index (χ1) is 9.24. The third-order valence-electron chi connectivity index (χ3n) is 2.71. The molecular formula is C14H22N4OS. The molecule has 6 heteroatoms. The highest BCUT2D eigenvalue weighted by molar-refractivity contribution is 7.99. The van der Waals surface area contributed by atoms with Gasteiger partial charge in [-0.15, -0.1) is 0 Å². The van der Waals surface area contributed by atoms with Gasteiger partial charge in [0.15, 0.2) is 5.16 Å². The molecule has 20 heavy (non-hydrogen) atoms. The highest BCUT2D eigenvalue weighted by Crippen LogP contribution is 2.26. The Morgan fingerprint density at radius 2 is 2.20 bits per heavy atom. The molecule has 1 rings (SSSR count). The van der Waals surface area contributed by atoms with E-state index in [1.807, 2.05) is 27.7 Å². The van der Waals surface area contributed by atoms with Crippen LogP contribution in [-0.2, 0) is 0 Å². The average molecular weight is 294 g/mol. The van der Waals surface area contributed by atoms with Crippen LogP contribution in [0.3, 0.4) is 0 Å². The fraction of sp³-hybridized carbons (Fsp3) is 0.643. The summed E-state index contributed by atoms with van der Waals surface area (Å²) >= 11 is 1.48. The van der Waals surface area contributed by atoms with E-state index >= 15 is 0 Å². The fourth-order valence-electron chi connectivity index (χ4n) is 2.19. The maximum absolute atomic E-state index is 11.4. The molecule has 0 radical (unpaired) electrons. The topological polar surface area (TPSA) is 81.6 Å². The largest absolute Gasteiger partial charge is 0.301 e. The van der Waals surface area contributed by atoms with Gasteiger partial charge in [-0.3, -0.25) is 10.1 Å². The zero-order chi connectivity index (χ0) is 15.3. The van der Waals surface area contributed by atoms with Crippen molar-refractivity contribution in [3.05, 3.63) is 22.1 Å². The number of rotatable bonds is 6. The van der Waals surface area contributed by atoms with Crippen molar-refractivity contribution in [3.8, 4) is 6.07 Å². The second kappa shape index (κ2) is 6.91. The molecule has 0 spiro atoms. The number of aromatic amines is 1. The van der Waals surface area contributed by atoms with Crippen LogP contribution in [-0.4, -0.2) is 26.8 Å². The van der Waals surface area contributed by atoms with E-state index < -0.39 is 5.54 Å². The highest BCUT2D eigenvalue weighted by Gasteiger charge is 2.27. The van der Waals surface area contributed by atoms with E-state index in [-0.39, 0.29) is 16.9 Å². The maximum Gasteiger partial charge on any atom is 0.251 e. The Hall–Kier alpha value is -1.32. The van der Waals surface area contributed by atoms with E-state index in [4.69, 9.17) is 0 Å². The molecule has 0 aromatic carbocycles. The summed E-state index contributed by atoms with van der Waals surface area (Å²) < 4.78 is 0. The van der Waals surface area contributed by atoms with Crippen LogP contribution < -0.4 is 10.9 Å². The van der Waals surface area contributed by atoms with Crippen molar-refractivity contribution in [2.75, 3.05) is 0 Å². The highest BCUT2D eigenvalue weighted by atomic mass is 32.2. The van der Waals surface area contributed by atoms with Crippen LogP contribution in [0.5, 0.6) is 0 Å². The molecule has 1 heterocycles. The van der Waals surface area contributed by atoms with Gasteiger partial charge in [0, 0.05) is 23.1 Å². The Morgan fingerprint density at radius 3 is 2.70 bits per heavy atom. The molecule has 2 unspecified atom stereocenters. The summed E-state index contributed by atoms with van der Waals surface area (Å²) in [4.78, 5) is 18.4. The smallest absolute Gasteiger partial charge is 0.251 e. The summed E-state index contributed by atoms with van der Waals surface area (Å²) in [6.45, 7) is 9.77. The number of aromatic nitrogens is 2. The standard InChI is InChI=1S/C14H22N4OS/c1-9(2)18-14(5,8-15)7-11(4)20-13-16-10(3)6-12(19)17-13/h6,9,11,18H,7H2,1-5H3,(H,16,17,19). The molecule has 0 fully saturated rings. The molecule has 0 bridgehead atoms. The van der Waals surface area contributed by atoms with Crippen LogP contribution in [0.4, 0.5) is 0 Å². The molecule has 1 aromatic heterocycles. The average Bonchev–Trinajstić information content (AvgIpc) is 2.25. The molecule has 0 amide bonds. The Morgan fingerprint density at radius 1 is 1.55 bits per heavy atom. The lowest BCUT2D eigenvalue weighted by atomic mass is 9.97. The zero-order valence-electron chi connectivity index (χ0n) is 12.7. The quantitative estimate of drug-likeness (QED) is 0.621. The SMILES string of the molecule is Cc1cc(=O)[nH]c(SC(C)CC(C)(C#N)NC(C)C)n1. The van der Waals surface area contributed by atoms with Gasteiger partial charge in [0.05, 0.1) is 6.07 Å². The van der Waals surface area contributed by atoms with Gasteiger partial charge in [-0.1, -0.05) is 18.7 Å². The normalized spacial score (nSPS) is 15.7. The minimum absolute atomic E-state index is 0.143. The molecule has 0 saturated carbocycles. The molecule has 0 aliphatic heterocycles. The van der Waals surface area contributed by atoms with Gasteiger partial charge in [-0.25, -0.2) is 4.98 Å². The first kappa shape index (κ1) is 16.7. The number of aryl methyl sites for hydroxylation is 1. The Kier molecular flexibility index (Phi) is 5.78. The van der Waals surface area contributed by atoms with Crippen molar-refractivity contribution in [2.45, 2.75) is 63.0 Å². The number of hydrogen-bond acceptors (Lipinski definition) is 5. The predicted octanol–water partition coefficient (Wildman–Crippen LogP) is 2.23. The van der Waals surface area contributed by atoms with Crippen LogP contribution in [0.15, 0.2) is 16.0 Å². The fourth-order valence-corrected chi connectivity index (χ4v) is 3.34. The minimum Gasteiger partial charge on any atom is -0.301 e. The summed E-state index contributed by atoms with van der Waals surface area (Å²) in [7, 11) is 0. The van der Waals surface area contributed by atoms with Crippen LogP contribution in [0.25, 0.3) is 0 Å². The number of nitrogens with one attached hydrogen (secondary N) is 2. The number of H-pyrrole nitrogens is 1. The van der Waals surface area contributed by atoms with Crippen LogP contribution in [0, 0.1) is 18.3 Å². The van der Waals surface area contributed by atoms with Crippen molar-refractivity contribution in [3.63, 3.8) is 0 Å². The summed E-state index contributed by atoms with van der Waals surface area (Å²) in [6, 6.07) is 4.04. The summed E-state index contributed by atoms with van der Waals surface area (Å²) in [5.74, 6) is 0. The lowest BCUT2D eigenvalue weighted by Crippen LogP contribution is -2.46.